The third kappa shape index (κ3) is 1.92. The van der Waals surface area contributed by atoms with Crippen LogP contribution in [0.25, 0.3) is 0 Å². The molecular formula is C13H19NO. The lowest BCUT2D eigenvalue weighted by Crippen LogP contribution is -2.50. The Morgan fingerprint density at radius 1 is 1.40 bits per heavy atom. The maximum atomic E-state index is 5.92. The molecule has 1 saturated heterocycles. The van der Waals surface area contributed by atoms with Gasteiger partial charge in [-0.1, -0.05) is 24.3 Å². The summed E-state index contributed by atoms with van der Waals surface area (Å²) in [5.74, 6) is 0. The maximum absolute atomic E-state index is 5.92. The fourth-order valence-electron chi connectivity index (χ4n) is 2.52. The first-order valence-electron chi connectivity index (χ1n) is 5.53. The predicted molar refractivity (Wildman–Crippen MR) is 61.9 cm³/mol. The van der Waals surface area contributed by atoms with Crippen molar-refractivity contribution in [3.05, 3.63) is 35.4 Å². The average Bonchev–Trinajstić information content (AvgIpc) is 2.12. The minimum Gasteiger partial charge on any atom is -0.379 e. The number of aryl methyl sites for hydroxylation is 1. The van der Waals surface area contributed by atoms with Crippen LogP contribution in [0.2, 0.25) is 0 Å². The highest BCUT2D eigenvalue weighted by molar-refractivity contribution is 5.35. The summed E-state index contributed by atoms with van der Waals surface area (Å²) in [5, 5.41) is 0. The molecule has 1 aliphatic heterocycles. The minimum atomic E-state index is 0.180. The summed E-state index contributed by atoms with van der Waals surface area (Å²) in [6.45, 7) is 5.87. The van der Waals surface area contributed by atoms with E-state index in [-0.39, 0.29) is 11.5 Å². The highest BCUT2D eigenvalue weighted by Gasteiger charge is 2.41. The third-order valence-corrected chi connectivity index (χ3v) is 3.19. The molecule has 0 amide bonds. The normalized spacial score (nSPS) is 20.7. The summed E-state index contributed by atoms with van der Waals surface area (Å²) in [6.07, 6.45) is 1.01. The maximum Gasteiger partial charge on any atom is 0.0586 e. The van der Waals surface area contributed by atoms with Gasteiger partial charge in [-0.15, -0.1) is 0 Å². The van der Waals surface area contributed by atoms with Crippen molar-refractivity contribution in [2.24, 2.45) is 5.73 Å². The molecule has 2 N–H and O–H groups in total. The summed E-state index contributed by atoms with van der Waals surface area (Å²) in [5.41, 5.74) is 8.86. The van der Waals surface area contributed by atoms with Crippen LogP contribution in [0.1, 0.15) is 24.5 Å². The zero-order chi connectivity index (χ0) is 10.9. The summed E-state index contributed by atoms with van der Waals surface area (Å²) < 4.78 is 5.39. The molecule has 0 spiro atoms. The summed E-state index contributed by atoms with van der Waals surface area (Å²) in [7, 11) is 0. The van der Waals surface area contributed by atoms with Gasteiger partial charge >= 0.3 is 0 Å². The van der Waals surface area contributed by atoms with Crippen molar-refractivity contribution < 1.29 is 4.74 Å². The molecule has 0 aliphatic carbocycles. The highest BCUT2D eigenvalue weighted by Crippen LogP contribution is 2.38. The minimum absolute atomic E-state index is 0.180. The lowest BCUT2D eigenvalue weighted by atomic mass is 9.72. The van der Waals surface area contributed by atoms with Crippen LogP contribution in [0.3, 0.4) is 0 Å². The topological polar surface area (TPSA) is 35.2 Å². The van der Waals surface area contributed by atoms with Gasteiger partial charge in [0.2, 0.25) is 0 Å². The van der Waals surface area contributed by atoms with E-state index in [1.807, 2.05) is 0 Å². The molecule has 0 bridgehead atoms. The van der Waals surface area contributed by atoms with Gasteiger partial charge in [0.15, 0.2) is 0 Å². The van der Waals surface area contributed by atoms with Crippen molar-refractivity contribution in [1.29, 1.82) is 0 Å². The number of nitrogens with two attached hydrogens (primary N) is 1. The van der Waals surface area contributed by atoms with E-state index in [4.69, 9.17) is 10.5 Å². The number of hydrogen-bond acceptors (Lipinski definition) is 2. The lowest BCUT2D eigenvalue weighted by molar-refractivity contribution is -0.0668. The Kier molecular flexibility index (Phi) is 2.81. The molecule has 2 rings (SSSR count). The molecule has 2 heteroatoms. The molecule has 2 nitrogen and oxygen atoms in total. The van der Waals surface area contributed by atoms with Gasteiger partial charge in [-0.25, -0.2) is 0 Å². The van der Waals surface area contributed by atoms with E-state index in [1.54, 1.807) is 0 Å². The standard InChI is InChI=1S/C13H19NO/c1-10-5-3-4-6-12(10)13(7-11(2)14)8-15-9-13/h3-6,11H,7-9,14H2,1-2H3. The fraction of sp³-hybridized carbons (Fsp3) is 0.538. The Bertz CT molecular complexity index is 342. The first-order valence-corrected chi connectivity index (χ1v) is 5.53. The smallest absolute Gasteiger partial charge is 0.0586 e. The van der Waals surface area contributed by atoms with Crippen molar-refractivity contribution >= 4 is 0 Å². The zero-order valence-corrected chi connectivity index (χ0v) is 9.49. The van der Waals surface area contributed by atoms with E-state index in [0.29, 0.717) is 0 Å². The van der Waals surface area contributed by atoms with Gasteiger partial charge in [0.05, 0.1) is 13.2 Å². The monoisotopic (exact) mass is 205 g/mol. The van der Waals surface area contributed by atoms with Gasteiger partial charge in [0.25, 0.3) is 0 Å². The molecule has 0 radical (unpaired) electrons. The van der Waals surface area contributed by atoms with Crippen LogP contribution >= 0.6 is 0 Å². The molecule has 1 unspecified atom stereocenters. The number of benzene rings is 1. The van der Waals surface area contributed by atoms with Crippen LogP contribution in [-0.2, 0) is 10.2 Å². The Labute approximate surface area is 91.4 Å². The second-order valence-electron chi connectivity index (χ2n) is 4.77. The molecule has 1 aliphatic rings. The molecule has 15 heavy (non-hydrogen) atoms. The van der Waals surface area contributed by atoms with Crippen LogP contribution in [0, 0.1) is 6.92 Å². The molecule has 1 heterocycles. The lowest BCUT2D eigenvalue weighted by Gasteiger charge is -2.44. The Morgan fingerprint density at radius 3 is 2.53 bits per heavy atom. The molecule has 0 saturated carbocycles. The second kappa shape index (κ2) is 3.95. The van der Waals surface area contributed by atoms with Gasteiger partial charge in [-0.05, 0) is 31.4 Å². The number of rotatable bonds is 3. The van der Waals surface area contributed by atoms with Gasteiger partial charge < -0.3 is 10.5 Å². The van der Waals surface area contributed by atoms with Crippen LogP contribution in [0.4, 0.5) is 0 Å². The van der Waals surface area contributed by atoms with Crippen molar-refractivity contribution in [3.63, 3.8) is 0 Å². The van der Waals surface area contributed by atoms with Crippen molar-refractivity contribution in [1.82, 2.24) is 0 Å². The molecule has 82 valence electrons. The molecule has 1 aromatic rings. The summed E-state index contributed by atoms with van der Waals surface area (Å²) in [4.78, 5) is 0. The molecule has 0 aromatic heterocycles. The van der Waals surface area contributed by atoms with E-state index in [2.05, 4.69) is 38.1 Å². The van der Waals surface area contributed by atoms with Crippen molar-refractivity contribution in [3.8, 4) is 0 Å². The summed E-state index contributed by atoms with van der Waals surface area (Å²) in [6, 6.07) is 8.78. The average molecular weight is 205 g/mol. The van der Waals surface area contributed by atoms with Crippen LogP contribution in [-0.4, -0.2) is 19.3 Å². The van der Waals surface area contributed by atoms with Gasteiger partial charge in [-0.3, -0.25) is 0 Å². The SMILES string of the molecule is Cc1ccccc1C1(CC(C)N)COC1. The van der Waals surface area contributed by atoms with E-state index >= 15 is 0 Å². The Balaban J connectivity index is 2.30. The zero-order valence-electron chi connectivity index (χ0n) is 9.49. The van der Waals surface area contributed by atoms with E-state index < -0.39 is 0 Å². The number of hydrogen-bond donors (Lipinski definition) is 1. The molecule has 1 aromatic carbocycles. The largest absolute Gasteiger partial charge is 0.379 e. The van der Waals surface area contributed by atoms with Gasteiger partial charge in [0.1, 0.15) is 0 Å². The van der Waals surface area contributed by atoms with E-state index in [9.17, 15) is 0 Å². The van der Waals surface area contributed by atoms with E-state index in [0.717, 1.165) is 19.6 Å². The van der Waals surface area contributed by atoms with E-state index in [1.165, 1.54) is 11.1 Å². The first-order chi connectivity index (χ1) is 7.14. The van der Waals surface area contributed by atoms with Crippen LogP contribution < -0.4 is 5.73 Å². The number of ether oxygens (including phenoxy) is 1. The fourth-order valence-corrected chi connectivity index (χ4v) is 2.52. The third-order valence-electron chi connectivity index (χ3n) is 3.19. The molecular weight excluding hydrogens is 186 g/mol. The highest BCUT2D eigenvalue weighted by atomic mass is 16.5. The quantitative estimate of drug-likeness (QED) is 0.819. The van der Waals surface area contributed by atoms with Crippen LogP contribution in [0.15, 0.2) is 24.3 Å². The molecule has 1 fully saturated rings. The second-order valence-corrected chi connectivity index (χ2v) is 4.77. The van der Waals surface area contributed by atoms with Crippen LogP contribution in [0.5, 0.6) is 0 Å². The molecule has 1 atom stereocenters. The first kappa shape index (κ1) is 10.7. The van der Waals surface area contributed by atoms with Gasteiger partial charge in [-0.2, -0.15) is 0 Å². The van der Waals surface area contributed by atoms with Gasteiger partial charge in [0, 0.05) is 11.5 Å². The van der Waals surface area contributed by atoms with Crippen molar-refractivity contribution in [2.75, 3.05) is 13.2 Å². The Morgan fingerprint density at radius 2 is 2.07 bits per heavy atom. The van der Waals surface area contributed by atoms with Crippen molar-refractivity contribution in [2.45, 2.75) is 31.7 Å². The Hall–Kier alpha value is -0.860. The summed E-state index contributed by atoms with van der Waals surface area (Å²) >= 11 is 0. The predicted octanol–water partition coefficient (Wildman–Crippen LogP) is 2.00.